The number of hydrogen-bond acceptors (Lipinski definition) is 3. The average Bonchev–Trinajstić information content (AvgIpc) is 2.69. The molecule has 1 N–H and O–H groups in total. The van der Waals surface area contributed by atoms with E-state index in [2.05, 4.69) is 16.3 Å². The molecule has 1 saturated heterocycles. The average molecular weight is 409 g/mol. The summed E-state index contributed by atoms with van der Waals surface area (Å²) >= 11 is 5.93. The molecule has 0 radical (unpaired) electrons. The number of rotatable bonds is 2. The zero-order valence-electron chi connectivity index (χ0n) is 14.6. The van der Waals surface area contributed by atoms with Crippen LogP contribution in [0.5, 0.6) is 0 Å². The molecule has 0 bridgehead atoms. The van der Waals surface area contributed by atoms with Crippen molar-refractivity contribution in [1.82, 2.24) is 4.90 Å². The molecule has 0 atom stereocenters. The molecule has 9 heteroatoms. The number of urea groups is 1. The van der Waals surface area contributed by atoms with Crippen molar-refractivity contribution < 1.29 is 18.0 Å². The fourth-order valence-electron chi connectivity index (χ4n) is 2.91. The summed E-state index contributed by atoms with van der Waals surface area (Å²) in [6, 6.07) is 11.5. The number of piperazine rings is 1. The molecule has 28 heavy (non-hydrogen) atoms. The van der Waals surface area contributed by atoms with Gasteiger partial charge in [0, 0.05) is 31.9 Å². The van der Waals surface area contributed by atoms with Gasteiger partial charge in [0.2, 0.25) is 0 Å². The molecule has 2 aromatic rings. The maximum atomic E-state index is 12.9. The van der Waals surface area contributed by atoms with E-state index < -0.39 is 17.8 Å². The molecule has 1 fully saturated rings. The first-order valence-corrected chi connectivity index (χ1v) is 8.83. The second-order valence-electron chi connectivity index (χ2n) is 6.26. The largest absolute Gasteiger partial charge is 0.416 e. The monoisotopic (exact) mass is 408 g/mol. The molecule has 1 aliphatic rings. The van der Waals surface area contributed by atoms with Gasteiger partial charge in [-0.2, -0.15) is 18.4 Å². The lowest BCUT2D eigenvalue weighted by Gasteiger charge is -2.36. The zero-order valence-corrected chi connectivity index (χ0v) is 15.4. The summed E-state index contributed by atoms with van der Waals surface area (Å²) < 4.78 is 38.6. The van der Waals surface area contributed by atoms with Crippen LogP contribution in [0, 0.1) is 11.3 Å². The van der Waals surface area contributed by atoms with Crippen molar-refractivity contribution in [3.63, 3.8) is 0 Å². The molecule has 5 nitrogen and oxygen atoms in total. The van der Waals surface area contributed by atoms with E-state index in [1.807, 2.05) is 12.1 Å². The highest BCUT2D eigenvalue weighted by atomic mass is 35.5. The Balaban J connectivity index is 1.62. The van der Waals surface area contributed by atoms with Crippen LogP contribution in [0.15, 0.2) is 42.5 Å². The Kier molecular flexibility index (Phi) is 5.66. The van der Waals surface area contributed by atoms with Crippen molar-refractivity contribution in [3.8, 4) is 6.07 Å². The van der Waals surface area contributed by atoms with Crippen molar-refractivity contribution in [2.75, 3.05) is 36.4 Å². The molecule has 0 aromatic heterocycles. The molecule has 2 amide bonds. The van der Waals surface area contributed by atoms with Crippen LogP contribution in [0.2, 0.25) is 5.02 Å². The predicted molar refractivity (Wildman–Crippen MR) is 100 cm³/mol. The van der Waals surface area contributed by atoms with Crippen LogP contribution in [0.3, 0.4) is 0 Å². The summed E-state index contributed by atoms with van der Waals surface area (Å²) in [6.45, 7) is 1.94. The van der Waals surface area contributed by atoms with Gasteiger partial charge in [-0.05, 0) is 42.5 Å². The summed E-state index contributed by atoms with van der Waals surface area (Å²) in [4.78, 5) is 16.0. The van der Waals surface area contributed by atoms with E-state index in [1.54, 1.807) is 12.1 Å². The first kappa shape index (κ1) is 19.8. The van der Waals surface area contributed by atoms with Crippen LogP contribution < -0.4 is 10.2 Å². The van der Waals surface area contributed by atoms with Crippen LogP contribution in [0.1, 0.15) is 11.1 Å². The molecule has 146 valence electrons. The third kappa shape index (κ3) is 4.49. The summed E-state index contributed by atoms with van der Waals surface area (Å²) in [5.41, 5.74) is 0.563. The maximum Gasteiger partial charge on any atom is 0.416 e. The van der Waals surface area contributed by atoms with Crippen molar-refractivity contribution in [2.24, 2.45) is 0 Å². The minimum Gasteiger partial charge on any atom is -0.368 e. The second-order valence-corrected chi connectivity index (χ2v) is 6.66. The number of nitrogens with zero attached hydrogens (tertiary/aromatic N) is 3. The lowest BCUT2D eigenvalue weighted by atomic mass is 10.2. The number of carbonyl (C=O) groups excluding carboxylic acids is 1. The lowest BCUT2D eigenvalue weighted by molar-refractivity contribution is -0.137. The van der Waals surface area contributed by atoms with E-state index in [-0.39, 0.29) is 10.7 Å². The number of alkyl halides is 3. The lowest BCUT2D eigenvalue weighted by Crippen LogP contribution is -2.50. The summed E-state index contributed by atoms with van der Waals surface area (Å²) in [5, 5.41) is 11.4. The number of carbonyl (C=O) groups is 1. The summed E-state index contributed by atoms with van der Waals surface area (Å²) in [5.74, 6) is 0. The molecule has 0 saturated carbocycles. The van der Waals surface area contributed by atoms with Crippen molar-refractivity contribution >= 4 is 29.0 Å². The Morgan fingerprint density at radius 3 is 2.29 bits per heavy atom. The zero-order chi connectivity index (χ0) is 20.3. The molecule has 0 spiro atoms. The molecule has 0 unspecified atom stereocenters. The van der Waals surface area contributed by atoms with Crippen LogP contribution in [-0.2, 0) is 6.18 Å². The van der Waals surface area contributed by atoms with Gasteiger partial charge in [-0.1, -0.05) is 11.6 Å². The second kappa shape index (κ2) is 7.98. The Labute approximate surface area is 164 Å². The smallest absolute Gasteiger partial charge is 0.368 e. The number of anilines is 2. The fraction of sp³-hybridized carbons (Fsp3) is 0.263. The van der Waals surface area contributed by atoms with Gasteiger partial charge in [0.15, 0.2) is 0 Å². The quantitative estimate of drug-likeness (QED) is 0.791. The molecule has 2 aromatic carbocycles. The summed E-state index contributed by atoms with van der Waals surface area (Å²) in [6.07, 6.45) is -4.52. The van der Waals surface area contributed by atoms with Crippen LogP contribution >= 0.6 is 11.6 Å². The third-order valence-corrected chi connectivity index (χ3v) is 4.79. The number of nitrogens with one attached hydrogen (secondary N) is 1. The van der Waals surface area contributed by atoms with Gasteiger partial charge < -0.3 is 15.1 Å². The maximum absolute atomic E-state index is 12.9. The molecular formula is C19H16ClF3N4O. The van der Waals surface area contributed by atoms with E-state index in [0.717, 1.165) is 23.9 Å². The highest BCUT2D eigenvalue weighted by Gasteiger charge is 2.31. The normalized spacial score (nSPS) is 14.5. The molecule has 0 aliphatic carbocycles. The minimum absolute atomic E-state index is 0.0394. The highest BCUT2D eigenvalue weighted by molar-refractivity contribution is 6.33. The van der Waals surface area contributed by atoms with Crippen LogP contribution in [0.25, 0.3) is 0 Å². The number of nitriles is 1. The van der Waals surface area contributed by atoms with Gasteiger partial charge in [-0.3, -0.25) is 0 Å². The fourth-order valence-corrected chi connectivity index (χ4v) is 3.07. The van der Waals surface area contributed by atoms with Gasteiger partial charge in [0.05, 0.1) is 27.9 Å². The Morgan fingerprint density at radius 1 is 1.07 bits per heavy atom. The van der Waals surface area contributed by atoms with E-state index in [0.29, 0.717) is 31.7 Å². The first-order chi connectivity index (χ1) is 13.3. The number of benzene rings is 2. The molecule has 3 rings (SSSR count). The minimum atomic E-state index is -4.52. The Bertz CT molecular complexity index is 901. The van der Waals surface area contributed by atoms with Crippen molar-refractivity contribution in [3.05, 3.63) is 58.6 Å². The van der Waals surface area contributed by atoms with E-state index in [1.165, 1.54) is 4.90 Å². The third-order valence-electron chi connectivity index (χ3n) is 4.46. The molecule has 1 aliphatic heterocycles. The SMILES string of the molecule is N#Cc1ccc(N2CCN(C(=O)Nc3cc(C(F)(F)F)ccc3Cl)CC2)cc1. The Hall–Kier alpha value is -2.92. The number of hydrogen-bond donors (Lipinski definition) is 1. The number of amides is 2. The van der Waals surface area contributed by atoms with Gasteiger partial charge in [-0.15, -0.1) is 0 Å². The first-order valence-electron chi connectivity index (χ1n) is 8.46. The van der Waals surface area contributed by atoms with Gasteiger partial charge >= 0.3 is 12.2 Å². The van der Waals surface area contributed by atoms with Crippen LogP contribution in [0.4, 0.5) is 29.3 Å². The van der Waals surface area contributed by atoms with Crippen molar-refractivity contribution in [1.29, 1.82) is 5.26 Å². The van der Waals surface area contributed by atoms with Crippen molar-refractivity contribution in [2.45, 2.75) is 6.18 Å². The van der Waals surface area contributed by atoms with Crippen LogP contribution in [-0.4, -0.2) is 37.1 Å². The van der Waals surface area contributed by atoms with E-state index >= 15 is 0 Å². The van der Waals surface area contributed by atoms with Gasteiger partial charge in [0.25, 0.3) is 0 Å². The van der Waals surface area contributed by atoms with E-state index in [9.17, 15) is 18.0 Å². The summed E-state index contributed by atoms with van der Waals surface area (Å²) in [7, 11) is 0. The van der Waals surface area contributed by atoms with Gasteiger partial charge in [-0.25, -0.2) is 4.79 Å². The standard InChI is InChI=1S/C19H16ClF3N4O/c20-16-6-3-14(19(21,22)23)11-17(16)25-18(28)27-9-7-26(8-10-27)15-4-1-13(12-24)2-5-15/h1-6,11H,7-10H2,(H,25,28). The molecular weight excluding hydrogens is 393 g/mol. The topological polar surface area (TPSA) is 59.4 Å². The van der Waals surface area contributed by atoms with E-state index in [4.69, 9.17) is 16.9 Å². The molecule has 1 heterocycles. The Morgan fingerprint density at radius 2 is 1.71 bits per heavy atom. The number of halogens is 4. The highest BCUT2D eigenvalue weighted by Crippen LogP contribution is 2.34. The van der Waals surface area contributed by atoms with Gasteiger partial charge in [0.1, 0.15) is 0 Å². The predicted octanol–water partition coefficient (Wildman–Crippen LogP) is 4.58.